The van der Waals surface area contributed by atoms with Gasteiger partial charge in [0, 0.05) is 37.8 Å². The highest BCUT2D eigenvalue weighted by molar-refractivity contribution is 5.85. The van der Waals surface area contributed by atoms with Gasteiger partial charge >= 0.3 is 0 Å². The van der Waals surface area contributed by atoms with Crippen molar-refractivity contribution < 1.29 is 4.79 Å². The van der Waals surface area contributed by atoms with Crippen molar-refractivity contribution in [2.75, 3.05) is 24.5 Å². The molecule has 1 amide bonds. The molecule has 6 heteroatoms. The number of hydrogen-bond donors (Lipinski definition) is 2. The van der Waals surface area contributed by atoms with Crippen molar-refractivity contribution in [3.63, 3.8) is 0 Å². The Bertz CT molecular complexity index is 415. The lowest BCUT2D eigenvalue weighted by Gasteiger charge is -2.18. The fourth-order valence-corrected chi connectivity index (χ4v) is 2.50. The van der Waals surface area contributed by atoms with Gasteiger partial charge in [0.05, 0.1) is 0 Å². The molecule has 120 valence electrons. The molecule has 2 unspecified atom stereocenters. The predicted molar refractivity (Wildman–Crippen MR) is 92.5 cm³/mol. The van der Waals surface area contributed by atoms with Gasteiger partial charge < -0.3 is 16.0 Å². The number of hydrogen-bond acceptors (Lipinski definition) is 3. The SMILES string of the molecule is CC(N)CC(=O)NCC1CCN(c2ccccc2)C1.Cl.Cl. The van der Waals surface area contributed by atoms with E-state index in [0.29, 0.717) is 12.3 Å². The van der Waals surface area contributed by atoms with Gasteiger partial charge in [-0.2, -0.15) is 0 Å². The third-order valence-electron chi connectivity index (χ3n) is 3.50. The minimum Gasteiger partial charge on any atom is -0.371 e. The predicted octanol–water partition coefficient (Wildman–Crippen LogP) is 2.21. The van der Waals surface area contributed by atoms with Gasteiger partial charge in [0.15, 0.2) is 0 Å². The molecule has 2 atom stereocenters. The molecular formula is C15H25Cl2N3O. The van der Waals surface area contributed by atoms with Crippen molar-refractivity contribution in [2.45, 2.75) is 25.8 Å². The summed E-state index contributed by atoms with van der Waals surface area (Å²) in [5.74, 6) is 0.602. The molecule has 1 heterocycles. The van der Waals surface area contributed by atoms with E-state index < -0.39 is 0 Å². The topological polar surface area (TPSA) is 58.4 Å². The molecule has 0 aromatic heterocycles. The zero-order valence-corrected chi connectivity index (χ0v) is 14.0. The average Bonchev–Trinajstić information content (AvgIpc) is 2.85. The Morgan fingerprint density at radius 3 is 2.67 bits per heavy atom. The fraction of sp³-hybridized carbons (Fsp3) is 0.533. The van der Waals surface area contributed by atoms with Crippen LogP contribution >= 0.6 is 24.8 Å². The van der Waals surface area contributed by atoms with Gasteiger partial charge in [-0.05, 0) is 31.4 Å². The lowest BCUT2D eigenvalue weighted by atomic mass is 10.1. The Balaban J connectivity index is 0.00000200. The van der Waals surface area contributed by atoms with Crippen molar-refractivity contribution in [1.82, 2.24) is 5.32 Å². The van der Waals surface area contributed by atoms with Crippen LogP contribution in [0.4, 0.5) is 5.69 Å². The van der Waals surface area contributed by atoms with Crippen LogP contribution < -0.4 is 16.0 Å². The first-order valence-electron chi connectivity index (χ1n) is 6.97. The number of nitrogens with zero attached hydrogens (tertiary/aromatic N) is 1. The van der Waals surface area contributed by atoms with E-state index in [1.54, 1.807) is 0 Å². The molecule has 21 heavy (non-hydrogen) atoms. The summed E-state index contributed by atoms with van der Waals surface area (Å²) in [6, 6.07) is 10.4. The molecule has 2 rings (SSSR count). The van der Waals surface area contributed by atoms with E-state index in [0.717, 1.165) is 26.1 Å². The number of rotatable bonds is 5. The first-order valence-corrected chi connectivity index (χ1v) is 6.97. The van der Waals surface area contributed by atoms with Gasteiger partial charge in [-0.1, -0.05) is 18.2 Å². The maximum Gasteiger partial charge on any atom is 0.221 e. The zero-order valence-electron chi connectivity index (χ0n) is 12.3. The van der Waals surface area contributed by atoms with E-state index in [4.69, 9.17) is 5.73 Å². The fourth-order valence-electron chi connectivity index (χ4n) is 2.50. The molecule has 1 saturated heterocycles. The van der Waals surface area contributed by atoms with Crippen LogP contribution in [-0.4, -0.2) is 31.6 Å². The summed E-state index contributed by atoms with van der Waals surface area (Å²) in [4.78, 5) is 13.9. The Kier molecular flexibility index (Phi) is 9.42. The van der Waals surface area contributed by atoms with E-state index in [9.17, 15) is 4.79 Å². The maximum atomic E-state index is 11.6. The maximum absolute atomic E-state index is 11.6. The van der Waals surface area contributed by atoms with E-state index in [-0.39, 0.29) is 36.8 Å². The number of halogens is 2. The molecule has 1 fully saturated rings. The van der Waals surface area contributed by atoms with E-state index >= 15 is 0 Å². The molecule has 0 aliphatic carbocycles. The summed E-state index contributed by atoms with van der Waals surface area (Å²) in [7, 11) is 0. The number of carbonyl (C=O) groups excluding carboxylic acids is 1. The normalized spacial score (nSPS) is 18.4. The molecule has 0 bridgehead atoms. The quantitative estimate of drug-likeness (QED) is 0.868. The van der Waals surface area contributed by atoms with Gasteiger partial charge in [-0.25, -0.2) is 0 Å². The number of carbonyl (C=O) groups is 1. The number of amides is 1. The second kappa shape index (κ2) is 9.87. The summed E-state index contributed by atoms with van der Waals surface area (Å²) < 4.78 is 0. The monoisotopic (exact) mass is 333 g/mol. The van der Waals surface area contributed by atoms with Crippen molar-refractivity contribution >= 4 is 36.4 Å². The highest BCUT2D eigenvalue weighted by Crippen LogP contribution is 2.22. The third-order valence-corrected chi connectivity index (χ3v) is 3.50. The summed E-state index contributed by atoms with van der Waals surface area (Å²) in [6.45, 7) is 4.70. The molecule has 0 saturated carbocycles. The first kappa shape index (κ1) is 20.0. The van der Waals surface area contributed by atoms with Crippen LogP contribution in [0, 0.1) is 5.92 Å². The van der Waals surface area contributed by atoms with Crippen LogP contribution in [0.15, 0.2) is 30.3 Å². The molecule has 3 N–H and O–H groups in total. The average molecular weight is 334 g/mol. The smallest absolute Gasteiger partial charge is 0.221 e. The number of anilines is 1. The lowest BCUT2D eigenvalue weighted by Crippen LogP contribution is -2.34. The zero-order chi connectivity index (χ0) is 13.7. The van der Waals surface area contributed by atoms with Crippen molar-refractivity contribution in [3.8, 4) is 0 Å². The van der Waals surface area contributed by atoms with Gasteiger partial charge in [0.25, 0.3) is 0 Å². The molecule has 1 aromatic rings. The van der Waals surface area contributed by atoms with E-state index in [1.165, 1.54) is 5.69 Å². The Morgan fingerprint density at radius 2 is 2.05 bits per heavy atom. The van der Waals surface area contributed by atoms with E-state index in [1.807, 2.05) is 13.0 Å². The minimum absolute atomic E-state index is 0. The molecule has 4 nitrogen and oxygen atoms in total. The molecule has 1 aliphatic rings. The van der Waals surface area contributed by atoms with Gasteiger partial charge in [0.1, 0.15) is 0 Å². The lowest BCUT2D eigenvalue weighted by molar-refractivity contribution is -0.121. The third kappa shape index (κ3) is 6.55. The highest BCUT2D eigenvalue weighted by Gasteiger charge is 2.22. The molecule has 1 aromatic carbocycles. The van der Waals surface area contributed by atoms with Crippen LogP contribution in [0.2, 0.25) is 0 Å². The van der Waals surface area contributed by atoms with Crippen LogP contribution in [-0.2, 0) is 4.79 Å². The Labute approximate surface area is 139 Å². The molecule has 1 aliphatic heterocycles. The van der Waals surface area contributed by atoms with Gasteiger partial charge in [-0.15, -0.1) is 24.8 Å². The number of para-hydroxylation sites is 1. The molecule has 0 spiro atoms. The van der Waals surface area contributed by atoms with Crippen molar-refractivity contribution in [2.24, 2.45) is 11.7 Å². The van der Waals surface area contributed by atoms with Gasteiger partial charge in [-0.3, -0.25) is 4.79 Å². The summed E-state index contributed by atoms with van der Waals surface area (Å²) in [5.41, 5.74) is 6.88. The second-order valence-electron chi connectivity index (χ2n) is 5.42. The largest absolute Gasteiger partial charge is 0.371 e. The molecular weight excluding hydrogens is 309 g/mol. The van der Waals surface area contributed by atoms with Crippen molar-refractivity contribution in [1.29, 1.82) is 0 Å². The Hall–Kier alpha value is -0.970. The number of nitrogens with two attached hydrogens (primary N) is 1. The van der Waals surface area contributed by atoms with Gasteiger partial charge in [0.2, 0.25) is 5.91 Å². The highest BCUT2D eigenvalue weighted by atomic mass is 35.5. The van der Waals surface area contributed by atoms with Crippen LogP contribution in [0.1, 0.15) is 19.8 Å². The van der Waals surface area contributed by atoms with Crippen LogP contribution in [0.25, 0.3) is 0 Å². The molecule has 0 radical (unpaired) electrons. The van der Waals surface area contributed by atoms with E-state index in [2.05, 4.69) is 34.5 Å². The van der Waals surface area contributed by atoms with Crippen molar-refractivity contribution in [3.05, 3.63) is 30.3 Å². The van der Waals surface area contributed by atoms with Crippen LogP contribution in [0.3, 0.4) is 0 Å². The first-order chi connectivity index (χ1) is 9.15. The number of benzene rings is 1. The summed E-state index contributed by atoms with van der Waals surface area (Å²) in [6.07, 6.45) is 1.54. The Morgan fingerprint density at radius 1 is 1.38 bits per heavy atom. The summed E-state index contributed by atoms with van der Waals surface area (Å²) >= 11 is 0. The number of nitrogens with one attached hydrogen (secondary N) is 1. The standard InChI is InChI=1S/C15H23N3O.2ClH/c1-12(16)9-15(19)17-10-13-7-8-18(11-13)14-5-3-2-4-6-14;;/h2-6,12-13H,7-11,16H2,1H3,(H,17,19);2*1H. The van der Waals surface area contributed by atoms with Crippen LogP contribution in [0.5, 0.6) is 0 Å². The minimum atomic E-state index is -0.0654. The summed E-state index contributed by atoms with van der Waals surface area (Å²) in [5, 5.41) is 2.98. The second-order valence-corrected chi connectivity index (χ2v) is 5.42.